The molecule has 0 bridgehead atoms. The van der Waals surface area contributed by atoms with Crippen LogP contribution >= 0.6 is 22.6 Å². The molecule has 1 saturated heterocycles. The normalized spacial score (nSPS) is 18.8. The zero-order valence-corrected chi connectivity index (χ0v) is 19.7. The molecule has 2 atom stereocenters. The number of amides is 4. The summed E-state index contributed by atoms with van der Waals surface area (Å²) in [4.78, 5) is 40.0. The molecule has 0 unspecified atom stereocenters. The maximum absolute atomic E-state index is 14.3. The number of imide groups is 1. The first kappa shape index (κ1) is 23.4. The van der Waals surface area contributed by atoms with Gasteiger partial charge in [0.15, 0.2) is 0 Å². The molecule has 33 heavy (non-hydrogen) atoms. The lowest BCUT2D eigenvalue weighted by Crippen LogP contribution is -2.48. The smallest absolute Gasteiger partial charge is 0.325 e. The molecule has 10 heteroatoms. The summed E-state index contributed by atoms with van der Waals surface area (Å²) in [7, 11) is 0. The molecule has 0 spiro atoms. The van der Waals surface area contributed by atoms with E-state index in [2.05, 4.69) is 10.6 Å². The van der Waals surface area contributed by atoms with Crippen LogP contribution in [0.4, 0.5) is 14.9 Å². The van der Waals surface area contributed by atoms with Crippen molar-refractivity contribution < 1.29 is 28.6 Å². The van der Waals surface area contributed by atoms with Crippen molar-refractivity contribution in [3.63, 3.8) is 0 Å². The van der Waals surface area contributed by atoms with Crippen molar-refractivity contribution in [1.29, 1.82) is 0 Å². The van der Waals surface area contributed by atoms with Crippen LogP contribution in [0.2, 0.25) is 0 Å². The Morgan fingerprint density at radius 1 is 1.24 bits per heavy atom. The zero-order valence-electron chi connectivity index (χ0n) is 17.6. The minimum atomic E-state index is -1.04. The minimum Gasteiger partial charge on any atom is -0.491 e. The second-order valence-electron chi connectivity index (χ2n) is 8.04. The number of urea groups is 1. The van der Waals surface area contributed by atoms with E-state index in [9.17, 15) is 18.8 Å². The lowest BCUT2D eigenvalue weighted by atomic mass is 10.0. The molecule has 2 aromatic carbocycles. The molecule has 0 radical (unpaired) electrons. The molecule has 8 nitrogen and oxygen atoms in total. The van der Waals surface area contributed by atoms with Crippen LogP contribution in [0.1, 0.15) is 30.9 Å². The van der Waals surface area contributed by atoms with E-state index in [1.165, 1.54) is 12.1 Å². The highest BCUT2D eigenvalue weighted by molar-refractivity contribution is 14.1. The number of rotatable bonds is 9. The number of anilines is 1. The summed E-state index contributed by atoms with van der Waals surface area (Å²) in [6, 6.07) is 8.35. The first-order valence-corrected chi connectivity index (χ1v) is 11.7. The van der Waals surface area contributed by atoms with Gasteiger partial charge < -0.3 is 20.5 Å². The van der Waals surface area contributed by atoms with Crippen molar-refractivity contribution in [2.24, 2.45) is 5.92 Å². The number of hydrogen-bond donors (Lipinski definition) is 3. The van der Waals surface area contributed by atoms with Gasteiger partial charge in [0.2, 0.25) is 5.91 Å². The van der Waals surface area contributed by atoms with Crippen LogP contribution < -0.4 is 15.4 Å². The van der Waals surface area contributed by atoms with E-state index in [0.29, 0.717) is 21.3 Å². The van der Waals surface area contributed by atoms with E-state index in [1.807, 2.05) is 22.6 Å². The van der Waals surface area contributed by atoms with Crippen LogP contribution in [0.25, 0.3) is 0 Å². The van der Waals surface area contributed by atoms with E-state index in [-0.39, 0.29) is 24.8 Å². The number of aliphatic hydroxyl groups excluding tert-OH is 1. The molecule has 1 aliphatic heterocycles. The lowest BCUT2D eigenvalue weighted by Gasteiger charge is -2.25. The van der Waals surface area contributed by atoms with Gasteiger partial charge in [0.25, 0.3) is 5.91 Å². The van der Waals surface area contributed by atoms with Crippen molar-refractivity contribution in [2.75, 3.05) is 18.5 Å². The number of benzene rings is 2. The quantitative estimate of drug-likeness (QED) is 0.319. The Kier molecular flexibility index (Phi) is 7.13. The van der Waals surface area contributed by atoms with Gasteiger partial charge in [-0.1, -0.05) is 25.0 Å². The number of carbonyl (C=O) groups is 3. The summed E-state index contributed by atoms with van der Waals surface area (Å²) in [6.45, 7) is 0.0236. The van der Waals surface area contributed by atoms with Crippen LogP contribution in [0.5, 0.6) is 5.75 Å². The summed E-state index contributed by atoms with van der Waals surface area (Å²) in [5.74, 6) is -0.956. The maximum atomic E-state index is 14.3. The van der Waals surface area contributed by atoms with Crippen LogP contribution in [0.15, 0.2) is 42.5 Å². The fraction of sp³-hybridized carbons (Fsp3) is 0.348. The number of carbonyl (C=O) groups excluding carboxylic acids is 3. The molecule has 1 heterocycles. The molecule has 0 aromatic heterocycles. The molecule has 2 aromatic rings. The first-order chi connectivity index (χ1) is 15.9. The zero-order chi connectivity index (χ0) is 23.5. The van der Waals surface area contributed by atoms with Gasteiger partial charge in [0.05, 0.1) is 12.3 Å². The summed E-state index contributed by atoms with van der Waals surface area (Å²) in [5, 5.41) is 14.0. The predicted octanol–water partition coefficient (Wildman–Crippen LogP) is 3.20. The maximum Gasteiger partial charge on any atom is 0.325 e. The van der Waals surface area contributed by atoms with E-state index in [0.717, 1.165) is 17.7 Å². The van der Waals surface area contributed by atoms with Gasteiger partial charge in [-0.3, -0.25) is 9.59 Å². The van der Waals surface area contributed by atoms with Gasteiger partial charge >= 0.3 is 6.03 Å². The topological polar surface area (TPSA) is 108 Å². The molecule has 4 amide bonds. The third-order valence-electron chi connectivity index (χ3n) is 5.60. The molecule has 4 rings (SSSR count). The second-order valence-corrected chi connectivity index (χ2v) is 9.29. The average molecular weight is 567 g/mol. The molecular weight excluding hydrogens is 544 g/mol. The highest BCUT2D eigenvalue weighted by Gasteiger charge is 2.46. The molecule has 1 aliphatic carbocycles. The highest BCUT2D eigenvalue weighted by Crippen LogP contribution is 2.37. The van der Waals surface area contributed by atoms with Crippen molar-refractivity contribution in [2.45, 2.75) is 31.3 Å². The minimum absolute atomic E-state index is 0.00304. The van der Waals surface area contributed by atoms with Gasteiger partial charge in [0, 0.05) is 3.57 Å². The predicted molar refractivity (Wildman–Crippen MR) is 126 cm³/mol. The van der Waals surface area contributed by atoms with Gasteiger partial charge in [-0.25, -0.2) is 14.1 Å². The number of aliphatic hydroxyl groups is 1. The summed E-state index contributed by atoms with van der Waals surface area (Å²) in [6.07, 6.45) is 2.17. The first-order valence-electron chi connectivity index (χ1n) is 10.6. The summed E-state index contributed by atoms with van der Waals surface area (Å²) >= 11 is 1.97. The fourth-order valence-electron chi connectivity index (χ4n) is 3.74. The van der Waals surface area contributed by atoms with E-state index in [1.54, 1.807) is 30.3 Å². The van der Waals surface area contributed by atoms with Crippen LogP contribution in [0.3, 0.4) is 0 Å². The van der Waals surface area contributed by atoms with E-state index < -0.39 is 35.7 Å². The molecule has 1 saturated carbocycles. The monoisotopic (exact) mass is 567 g/mol. The summed E-state index contributed by atoms with van der Waals surface area (Å²) < 4.78 is 20.3. The highest BCUT2D eigenvalue weighted by atomic mass is 127. The van der Waals surface area contributed by atoms with Crippen LogP contribution in [-0.2, 0) is 9.59 Å². The number of hydrogen-bond acceptors (Lipinski definition) is 5. The second kappa shape index (κ2) is 10.0. The number of nitrogens with one attached hydrogen (secondary N) is 2. The van der Waals surface area contributed by atoms with Gasteiger partial charge in [-0.2, -0.15) is 0 Å². The molecule has 2 aliphatic rings. The average Bonchev–Trinajstić information content (AvgIpc) is 3.57. The number of nitrogens with zero attached hydrogens (tertiary/aromatic N) is 1. The third kappa shape index (κ3) is 5.44. The molecule has 174 valence electrons. The standard InChI is InChI=1S/C23H23FIN3O5/c24-17-12-15(25)5-8-18(17)26-21(30)19(11-13-1-2-13)28-22(31)20(27-23(28)32)14-3-6-16(7-4-14)33-10-9-29/h3-8,12-13,19-20,29H,1-2,9-11H2,(H,26,30)(H,27,32)/t19-,20+/m0/s1. The van der Waals surface area contributed by atoms with Crippen molar-refractivity contribution in [1.82, 2.24) is 10.2 Å². The Labute approximate surface area is 203 Å². The molecule has 2 fully saturated rings. The Bertz CT molecular complexity index is 1060. The summed E-state index contributed by atoms with van der Waals surface area (Å²) in [5.41, 5.74) is 0.546. The third-order valence-corrected chi connectivity index (χ3v) is 6.27. The van der Waals surface area contributed by atoms with Crippen molar-refractivity contribution in [3.05, 3.63) is 57.4 Å². The van der Waals surface area contributed by atoms with Crippen molar-refractivity contribution >= 4 is 46.1 Å². The van der Waals surface area contributed by atoms with Crippen LogP contribution in [0, 0.1) is 15.3 Å². The Hall–Kier alpha value is -2.73. The van der Waals surface area contributed by atoms with Gasteiger partial charge in [-0.15, -0.1) is 0 Å². The Morgan fingerprint density at radius 2 is 1.97 bits per heavy atom. The van der Waals surface area contributed by atoms with Gasteiger partial charge in [0.1, 0.15) is 30.3 Å². The molecular formula is C23H23FIN3O5. The largest absolute Gasteiger partial charge is 0.491 e. The number of ether oxygens (including phenoxy) is 1. The Balaban J connectivity index is 1.52. The van der Waals surface area contributed by atoms with E-state index in [4.69, 9.17) is 9.84 Å². The number of halogens is 2. The SMILES string of the molecule is O=C(Nc1ccc(I)cc1F)[C@H](CC1CC1)N1C(=O)N[C@H](c2ccc(OCCO)cc2)C1=O. The Morgan fingerprint density at radius 3 is 2.61 bits per heavy atom. The lowest BCUT2D eigenvalue weighted by molar-refractivity contribution is -0.134. The fourth-order valence-corrected chi connectivity index (χ4v) is 4.19. The van der Waals surface area contributed by atoms with Crippen molar-refractivity contribution in [3.8, 4) is 5.75 Å². The van der Waals surface area contributed by atoms with Gasteiger partial charge in [-0.05, 0) is 70.8 Å². The molecule has 3 N–H and O–H groups in total. The van der Waals surface area contributed by atoms with E-state index >= 15 is 0 Å². The van der Waals surface area contributed by atoms with Crippen LogP contribution in [-0.4, -0.2) is 47.1 Å².